The summed E-state index contributed by atoms with van der Waals surface area (Å²) >= 11 is 0. The first-order valence-electron chi connectivity index (χ1n) is 9.29. The van der Waals surface area contributed by atoms with Crippen LogP contribution < -0.4 is 5.32 Å². The van der Waals surface area contributed by atoms with E-state index in [4.69, 9.17) is 9.47 Å². The van der Waals surface area contributed by atoms with Crippen molar-refractivity contribution in [2.45, 2.75) is 70.6 Å². The molecule has 0 radical (unpaired) electrons. The van der Waals surface area contributed by atoms with Gasteiger partial charge in [-0.15, -0.1) is 0 Å². The number of hydrogen-bond acceptors (Lipinski definition) is 3. The van der Waals surface area contributed by atoms with E-state index in [-0.39, 0.29) is 18.1 Å². The largest absolute Gasteiger partial charge is 0.376 e. The smallest absolute Gasteiger partial charge is 0.249 e. The molecule has 0 bridgehead atoms. The van der Waals surface area contributed by atoms with E-state index in [1.807, 2.05) is 25.1 Å². The molecule has 134 valence electrons. The maximum Gasteiger partial charge on any atom is 0.249 e. The monoisotopic (exact) mass is 333 g/mol. The molecule has 24 heavy (non-hydrogen) atoms. The Hall–Kier alpha value is -1.39. The van der Waals surface area contributed by atoms with Crippen molar-refractivity contribution in [1.29, 1.82) is 0 Å². The van der Waals surface area contributed by atoms with Crippen LogP contribution in [0.2, 0.25) is 0 Å². The number of rotatable bonds is 10. The number of hydrogen-bond donors (Lipinski definition) is 1. The molecular weight excluding hydrogens is 302 g/mol. The third kappa shape index (κ3) is 6.25. The molecule has 1 aromatic rings. The number of carbonyl (C=O) groups is 1. The van der Waals surface area contributed by atoms with E-state index in [2.05, 4.69) is 24.4 Å². The van der Waals surface area contributed by atoms with Gasteiger partial charge >= 0.3 is 0 Å². The van der Waals surface area contributed by atoms with Gasteiger partial charge in [0.25, 0.3) is 0 Å². The average Bonchev–Trinajstić information content (AvgIpc) is 3.13. The van der Waals surface area contributed by atoms with Crippen LogP contribution >= 0.6 is 0 Å². The molecule has 1 aliphatic heterocycles. The third-order valence-electron chi connectivity index (χ3n) is 4.54. The Morgan fingerprint density at radius 3 is 2.79 bits per heavy atom. The Labute approximate surface area is 145 Å². The van der Waals surface area contributed by atoms with Gasteiger partial charge in [-0.05, 0) is 31.7 Å². The van der Waals surface area contributed by atoms with E-state index in [9.17, 15) is 4.79 Å². The fourth-order valence-corrected chi connectivity index (χ4v) is 3.00. The third-order valence-corrected chi connectivity index (χ3v) is 4.54. The molecule has 0 aromatic heterocycles. The van der Waals surface area contributed by atoms with Crippen LogP contribution in [0, 0.1) is 0 Å². The number of unbranched alkanes of at least 4 members (excludes halogenated alkanes) is 2. The van der Waals surface area contributed by atoms with Crippen molar-refractivity contribution in [1.82, 2.24) is 5.32 Å². The molecule has 0 spiro atoms. The highest BCUT2D eigenvalue weighted by molar-refractivity contribution is 5.80. The molecule has 0 aliphatic carbocycles. The molecule has 1 amide bonds. The molecule has 1 aliphatic rings. The Balaban J connectivity index is 1.85. The Morgan fingerprint density at radius 2 is 2.12 bits per heavy atom. The summed E-state index contributed by atoms with van der Waals surface area (Å²) in [5.41, 5.74) is 1.16. The zero-order valence-corrected chi connectivity index (χ0v) is 15.0. The topological polar surface area (TPSA) is 47.6 Å². The van der Waals surface area contributed by atoms with Crippen LogP contribution in [0.15, 0.2) is 30.3 Å². The predicted octanol–water partition coefficient (Wildman–Crippen LogP) is 4.01. The summed E-state index contributed by atoms with van der Waals surface area (Å²) in [5.74, 6) is -0.0432. The molecule has 1 saturated heterocycles. The van der Waals surface area contributed by atoms with E-state index in [1.54, 1.807) is 0 Å². The molecule has 1 N–H and O–H groups in total. The lowest BCUT2D eigenvalue weighted by molar-refractivity contribution is -0.134. The second-order valence-corrected chi connectivity index (χ2v) is 6.58. The summed E-state index contributed by atoms with van der Waals surface area (Å²) in [6.07, 6.45) is 6.24. The highest BCUT2D eigenvalue weighted by atomic mass is 16.5. The maximum absolute atomic E-state index is 12.5. The second kappa shape index (κ2) is 10.5. The molecule has 0 saturated carbocycles. The molecule has 1 aromatic carbocycles. The first-order chi connectivity index (χ1) is 11.7. The number of ether oxygens (including phenoxy) is 2. The predicted molar refractivity (Wildman–Crippen MR) is 95.9 cm³/mol. The fraction of sp³-hybridized carbons (Fsp3) is 0.650. The van der Waals surface area contributed by atoms with Crippen LogP contribution in [0.1, 0.15) is 64.0 Å². The zero-order valence-electron chi connectivity index (χ0n) is 15.0. The number of carbonyl (C=O) groups excluding carboxylic acids is 1. The van der Waals surface area contributed by atoms with E-state index in [1.165, 1.54) is 12.8 Å². The van der Waals surface area contributed by atoms with Gasteiger partial charge in [0.05, 0.1) is 18.8 Å². The van der Waals surface area contributed by atoms with Crippen LogP contribution in [-0.2, 0) is 14.3 Å². The van der Waals surface area contributed by atoms with E-state index in [0.29, 0.717) is 6.61 Å². The fourth-order valence-electron chi connectivity index (χ4n) is 3.00. The van der Waals surface area contributed by atoms with Crippen molar-refractivity contribution in [2.24, 2.45) is 0 Å². The van der Waals surface area contributed by atoms with Crippen molar-refractivity contribution >= 4 is 5.91 Å². The van der Waals surface area contributed by atoms with Gasteiger partial charge in [0.1, 0.15) is 6.10 Å². The second-order valence-electron chi connectivity index (χ2n) is 6.58. The van der Waals surface area contributed by atoms with Gasteiger partial charge in [0, 0.05) is 6.61 Å². The maximum atomic E-state index is 12.5. The summed E-state index contributed by atoms with van der Waals surface area (Å²) in [4.78, 5) is 12.5. The van der Waals surface area contributed by atoms with Gasteiger partial charge in [-0.2, -0.15) is 0 Å². The minimum absolute atomic E-state index is 0.0432. The van der Waals surface area contributed by atoms with Crippen LogP contribution in [0.3, 0.4) is 0 Å². The molecule has 4 heteroatoms. The van der Waals surface area contributed by atoms with E-state index >= 15 is 0 Å². The first-order valence-corrected chi connectivity index (χ1v) is 9.29. The van der Waals surface area contributed by atoms with Crippen molar-refractivity contribution in [2.75, 3.05) is 13.2 Å². The van der Waals surface area contributed by atoms with Gasteiger partial charge in [0.2, 0.25) is 5.91 Å². The minimum atomic E-state index is -0.452. The minimum Gasteiger partial charge on any atom is -0.376 e. The van der Waals surface area contributed by atoms with Crippen LogP contribution in [-0.4, -0.2) is 31.3 Å². The van der Waals surface area contributed by atoms with Crippen molar-refractivity contribution in [3.05, 3.63) is 35.9 Å². The van der Waals surface area contributed by atoms with Gasteiger partial charge in [-0.25, -0.2) is 0 Å². The summed E-state index contributed by atoms with van der Waals surface area (Å²) in [6.45, 7) is 5.32. The standard InChI is InChI=1S/C20H31NO3/c1-3-4-6-13-19(17-10-7-5-8-11-17)21-20(22)16(2)24-15-18-12-9-14-23-18/h5,7-8,10-11,16,18-19H,3-4,6,9,12-15H2,1-2H3,(H,21,22). The quantitative estimate of drug-likeness (QED) is 0.658. The van der Waals surface area contributed by atoms with Crippen LogP contribution in [0.5, 0.6) is 0 Å². The summed E-state index contributed by atoms with van der Waals surface area (Å²) in [5, 5.41) is 3.16. The lowest BCUT2D eigenvalue weighted by Gasteiger charge is -2.22. The normalized spacial score (nSPS) is 19.8. The molecular formula is C20H31NO3. The summed E-state index contributed by atoms with van der Waals surface area (Å²) < 4.78 is 11.3. The lowest BCUT2D eigenvalue weighted by atomic mass is 10.00. The van der Waals surface area contributed by atoms with Gasteiger partial charge in [0.15, 0.2) is 0 Å². The Morgan fingerprint density at radius 1 is 1.33 bits per heavy atom. The number of nitrogens with one attached hydrogen (secondary N) is 1. The van der Waals surface area contributed by atoms with E-state index in [0.717, 1.165) is 37.9 Å². The van der Waals surface area contributed by atoms with Crippen molar-refractivity contribution in [3.8, 4) is 0 Å². The van der Waals surface area contributed by atoms with Crippen molar-refractivity contribution in [3.63, 3.8) is 0 Å². The summed E-state index contributed by atoms with van der Waals surface area (Å²) in [7, 11) is 0. The van der Waals surface area contributed by atoms with Gasteiger partial charge in [-0.3, -0.25) is 4.79 Å². The molecule has 1 heterocycles. The molecule has 2 rings (SSSR count). The van der Waals surface area contributed by atoms with Gasteiger partial charge in [-0.1, -0.05) is 56.5 Å². The molecule has 3 unspecified atom stereocenters. The highest BCUT2D eigenvalue weighted by Crippen LogP contribution is 2.20. The summed E-state index contributed by atoms with van der Waals surface area (Å²) in [6, 6.07) is 10.3. The van der Waals surface area contributed by atoms with Crippen LogP contribution in [0.4, 0.5) is 0 Å². The Kier molecular flexibility index (Phi) is 8.26. The SMILES string of the molecule is CCCCCC(NC(=O)C(C)OCC1CCCO1)c1ccccc1. The highest BCUT2D eigenvalue weighted by Gasteiger charge is 2.22. The first kappa shape index (κ1) is 18.9. The lowest BCUT2D eigenvalue weighted by Crippen LogP contribution is -2.38. The molecule has 1 fully saturated rings. The average molecular weight is 333 g/mol. The number of amides is 1. The van der Waals surface area contributed by atoms with Crippen molar-refractivity contribution < 1.29 is 14.3 Å². The Bertz CT molecular complexity index is 471. The number of benzene rings is 1. The zero-order chi connectivity index (χ0) is 17.2. The van der Waals surface area contributed by atoms with Crippen LogP contribution in [0.25, 0.3) is 0 Å². The van der Waals surface area contributed by atoms with E-state index < -0.39 is 6.10 Å². The molecule has 3 atom stereocenters. The molecule has 4 nitrogen and oxygen atoms in total. The van der Waals surface area contributed by atoms with Gasteiger partial charge < -0.3 is 14.8 Å².